The lowest BCUT2D eigenvalue weighted by Crippen LogP contribution is -2.52. The number of ether oxygens (including phenoxy) is 1. The van der Waals surface area contributed by atoms with Crippen molar-refractivity contribution in [1.82, 2.24) is 29.5 Å². The van der Waals surface area contributed by atoms with E-state index in [1.54, 1.807) is 0 Å². The summed E-state index contributed by atoms with van der Waals surface area (Å²) >= 11 is 0. The van der Waals surface area contributed by atoms with Crippen molar-refractivity contribution in [2.75, 3.05) is 6.61 Å². The number of ketones is 1. The average Bonchev–Trinajstić information content (AvgIpc) is 3.36. The Bertz CT molecular complexity index is 1010. The summed E-state index contributed by atoms with van der Waals surface area (Å²) in [5.74, 6) is -0.979. The minimum absolute atomic E-state index is 0.0431. The largest absolute Gasteiger partial charge is 0.394 e. The van der Waals surface area contributed by atoms with Gasteiger partial charge in [-0.2, -0.15) is 0 Å². The van der Waals surface area contributed by atoms with Crippen LogP contribution in [0.2, 0.25) is 0 Å². The van der Waals surface area contributed by atoms with Crippen molar-refractivity contribution in [3.63, 3.8) is 0 Å². The van der Waals surface area contributed by atoms with E-state index in [9.17, 15) is 24.9 Å². The third-order valence-corrected chi connectivity index (χ3v) is 4.35. The maximum Gasteiger partial charge on any atom is 0.278 e. The Hall–Kier alpha value is -2.93. The quantitative estimate of drug-likeness (QED) is 0.313. The predicted molar refractivity (Wildman–Crippen MR) is 83.0 cm³/mol. The van der Waals surface area contributed by atoms with Crippen molar-refractivity contribution in [2.24, 2.45) is 0 Å². The number of aromatic nitrogens is 6. The van der Waals surface area contributed by atoms with Crippen LogP contribution >= 0.6 is 0 Å². The minimum atomic E-state index is -2.22. The summed E-state index contributed by atoms with van der Waals surface area (Å²) in [6.07, 6.45) is 0.338. The molecule has 4 rings (SSSR count). The van der Waals surface area contributed by atoms with Crippen LogP contribution in [0.15, 0.2) is 29.8 Å². The summed E-state index contributed by atoms with van der Waals surface area (Å²) in [6.45, 7) is -0.647. The molecule has 0 aliphatic carbocycles. The zero-order valence-corrected chi connectivity index (χ0v) is 13.1. The zero-order valence-electron chi connectivity index (χ0n) is 13.1. The first-order valence-electron chi connectivity index (χ1n) is 7.61. The molecule has 1 saturated heterocycles. The highest BCUT2D eigenvalue weighted by atomic mass is 16.6. The van der Waals surface area contributed by atoms with Gasteiger partial charge in [-0.25, -0.2) is 15.0 Å². The van der Waals surface area contributed by atoms with Gasteiger partial charge in [0.25, 0.3) is 11.3 Å². The molecule has 136 valence electrons. The van der Waals surface area contributed by atoms with E-state index in [4.69, 9.17) is 4.74 Å². The normalized spacial score (nSPS) is 28.7. The Morgan fingerprint density at radius 2 is 2.12 bits per heavy atom. The molecule has 26 heavy (non-hydrogen) atoms. The van der Waals surface area contributed by atoms with Crippen LogP contribution in [0, 0.1) is 0 Å². The fourth-order valence-electron chi connectivity index (χ4n) is 3.09. The van der Waals surface area contributed by atoms with Gasteiger partial charge in [-0.1, -0.05) is 0 Å². The molecule has 4 heterocycles. The van der Waals surface area contributed by atoms with Crippen LogP contribution in [0.3, 0.4) is 0 Å². The van der Waals surface area contributed by atoms with Crippen LogP contribution in [-0.4, -0.2) is 75.5 Å². The van der Waals surface area contributed by atoms with E-state index in [-0.39, 0.29) is 17.0 Å². The summed E-state index contributed by atoms with van der Waals surface area (Å²) < 4.78 is 6.67. The maximum absolute atomic E-state index is 13.1. The summed E-state index contributed by atoms with van der Waals surface area (Å²) in [4.78, 5) is 41.8. The molecule has 3 aromatic heterocycles. The molecule has 5 N–H and O–H groups in total. The molecule has 0 radical (unpaired) electrons. The number of H-pyrrole nitrogens is 2. The van der Waals surface area contributed by atoms with E-state index < -0.39 is 42.0 Å². The Balaban J connectivity index is 1.99. The number of aromatic amines is 2. The number of rotatable bonds is 4. The lowest BCUT2D eigenvalue weighted by molar-refractivity contribution is -0.114. The third kappa shape index (κ3) is 2.07. The van der Waals surface area contributed by atoms with E-state index >= 15 is 0 Å². The SMILES string of the molecule is O=C(c1ncc[nH]1)[C@@]1(n2cnc3c(=O)[nH]cnc32)O[C@H](CO)[C@@H](O)[C@H]1O. The number of hydrogen-bond acceptors (Lipinski definition) is 9. The monoisotopic (exact) mass is 362 g/mol. The molecule has 0 aromatic carbocycles. The summed E-state index contributed by atoms with van der Waals surface area (Å²) in [5.41, 5.74) is -2.91. The van der Waals surface area contributed by atoms with Crippen molar-refractivity contribution in [2.45, 2.75) is 24.0 Å². The Kier molecular flexibility index (Phi) is 3.69. The fraction of sp³-hybridized carbons (Fsp3) is 0.357. The van der Waals surface area contributed by atoms with Crippen LogP contribution < -0.4 is 5.56 Å². The molecular formula is C14H14N6O6. The molecule has 1 fully saturated rings. The molecule has 12 heteroatoms. The molecule has 0 amide bonds. The van der Waals surface area contributed by atoms with Crippen LogP contribution in [0.25, 0.3) is 11.2 Å². The first-order chi connectivity index (χ1) is 12.5. The molecule has 0 spiro atoms. The van der Waals surface area contributed by atoms with Gasteiger partial charge in [0, 0.05) is 12.4 Å². The second kappa shape index (κ2) is 5.81. The standard InChI is InChI=1S/C14H14N6O6/c21-3-6-8(22)9(23)14(26-6,10(24)11-15-1-2-16-11)20-5-19-7-12(20)17-4-18-13(7)25/h1-2,4-6,8-9,21-23H,3H2,(H,15,16)(H,17,18,25)/t6-,8-,9-,14+/m1/s1. The highest BCUT2D eigenvalue weighted by Crippen LogP contribution is 2.39. The number of fused-ring (bicyclic) bond motifs is 1. The number of nitrogens with zero attached hydrogens (tertiary/aromatic N) is 4. The van der Waals surface area contributed by atoms with Crippen LogP contribution in [0.1, 0.15) is 10.6 Å². The molecule has 0 bridgehead atoms. The molecule has 1 aliphatic rings. The van der Waals surface area contributed by atoms with Gasteiger partial charge in [-0.3, -0.25) is 14.2 Å². The molecule has 3 aromatic rings. The van der Waals surface area contributed by atoms with E-state index in [1.165, 1.54) is 12.4 Å². The van der Waals surface area contributed by atoms with Crippen molar-refractivity contribution in [3.05, 3.63) is 41.2 Å². The van der Waals surface area contributed by atoms with Gasteiger partial charge in [-0.15, -0.1) is 0 Å². The number of carbonyl (C=O) groups excluding carboxylic acids is 1. The van der Waals surface area contributed by atoms with Gasteiger partial charge < -0.3 is 30.0 Å². The Morgan fingerprint density at radius 3 is 2.77 bits per heavy atom. The molecular weight excluding hydrogens is 348 g/mol. The summed E-state index contributed by atoms with van der Waals surface area (Å²) in [6, 6.07) is 0. The van der Waals surface area contributed by atoms with E-state index in [0.29, 0.717) is 0 Å². The van der Waals surface area contributed by atoms with E-state index in [2.05, 4.69) is 24.9 Å². The summed E-state index contributed by atoms with van der Waals surface area (Å²) in [5, 5.41) is 30.3. The minimum Gasteiger partial charge on any atom is -0.394 e. The zero-order chi connectivity index (χ0) is 18.5. The van der Waals surface area contributed by atoms with Gasteiger partial charge in [0.05, 0.1) is 12.9 Å². The lowest BCUT2D eigenvalue weighted by atomic mass is 9.97. The van der Waals surface area contributed by atoms with Crippen molar-refractivity contribution < 1.29 is 24.9 Å². The Morgan fingerprint density at radius 1 is 1.31 bits per heavy atom. The first-order valence-corrected chi connectivity index (χ1v) is 7.61. The van der Waals surface area contributed by atoms with Crippen LogP contribution in [0.4, 0.5) is 0 Å². The van der Waals surface area contributed by atoms with Crippen molar-refractivity contribution in [1.29, 1.82) is 0 Å². The van der Waals surface area contributed by atoms with Gasteiger partial charge in [0.2, 0.25) is 5.72 Å². The maximum atomic E-state index is 13.1. The van der Waals surface area contributed by atoms with E-state index in [1.807, 2.05) is 0 Å². The number of Topliss-reactive ketones (excluding diaryl/α,β-unsaturated/α-hetero) is 1. The van der Waals surface area contributed by atoms with Gasteiger partial charge >= 0.3 is 0 Å². The molecule has 0 saturated carbocycles. The topological polar surface area (TPSA) is 179 Å². The molecule has 0 unspecified atom stereocenters. The smallest absolute Gasteiger partial charge is 0.278 e. The average molecular weight is 362 g/mol. The second-order valence-electron chi connectivity index (χ2n) is 5.76. The fourth-order valence-corrected chi connectivity index (χ4v) is 3.09. The number of aliphatic hydroxyl groups excluding tert-OH is 3. The number of hydrogen-bond donors (Lipinski definition) is 5. The summed E-state index contributed by atoms with van der Waals surface area (Å²) in [7, 11) is 0. The van der Waals surface area contributed by atoms with Gasteiger partial charge in [0.15, 0.2) is 17.0 Å². The highest BCUT2D eigenvalue weighted by molar-refractivity contribution is 5.99. The number of carbonyl (C=O) groups is 1. The predicted octanol–water partition coefficient (Wildman–Crippen LogP) is -2.51. The van der Waals surface area contributed by atoms with Crippen LogP contribution in [-0.2, 0) is 10.5 Å². The molecule has 12 nitrogen and oxygen atoms in total. The lowest BCUT2D eigenvalue weighted by Gasteiger charge is -2.31. The second-order valence-corrected chi connectivity index (χ2v) is 5.76. The van der Waals surface area contributed by atoms with Crippen molar-refractivity contribution in [3.8, 4) is 0 Å². The molecule has 4 atom stereocenters. The van der Waals surface area contributed by atoms with Gasteiger partial charge in [0.1, 0.15) is 24.6 Å². The number of aliphatic hydroxyl groups is 3. The number of imidazole rings is 2. The third-order valence-electron chi connectivity index (χ3n) is 4.35. The van der Waals surface area contributed by atoms with Crippen LogP contribution in [0.5, 0.6) is 0 Å². The highest BCUT2D eigenvalue weighted by Gasteiger charge is 2.61. The number of nitrogens with one attached hydrogen (secondary N) is 2. The first kappa shape index (κ1) is 16.5. The van der Waals surface area contributed by atoms with Gasteiger partial charge in [-0.05, 0) is 0 Å². The Labute approximate surface area is 144 Å². The van der Waals surface area contributed by atoms with E-state index in [0.717, 1.165) is 17.2 Å². The van der Waals surface area contributed by atoms with Crippen molar-refractivity contribution >= 4 is 16.9 Å². The molecule has 1 aliphatic heterocycles.